The number of rotatable bonds is 0. The summed E-state index contributed by atoms with van der Waals surface area (Å²) in [5, 5.41) is 5.28. The lowest BCUT2D eigenvalue weighted by atomic mass is 10.2. The minimum absolute atomic E-state index is 0.708. The molecule has 1 aromatic heterocycles. The van der Waals surface area contributed by atoms with Crippen LogP contribution in [0.15, 0.2) is 22.8 Å². The second-order valence-corrected chi connectivity index (χ2v) is 3.65. The summed E-state index contributed by atoms with van der Waals surface area (Å²) in [7, 11) is 1.88. The summed E-state index contributed by atoms with van der Waals surface area (Å²) in [6, 6.07) is 3.86. The minimum Gasteiger partial charge on any atom is -0.397 e. The normalized spacial score (nSPS) is 10.8. The number of nitrogens with zero attached hydrogens (tertiary/aromatic N) is 2. The Labute approximate surface area is 78.3 Å². The van der Waals surface area contributed by atoms with Crippen LogP contribution in [0.3, 0.4) is 0 Å². The number of hydrogen-bond donors (Lipinski definition) is 1. The average Bonchev–Trinajstić information content (AvgIpc) is 2.29. The number of nitrogens with two attached hydrogens (primary N) is 1. The third-order valence-corrected chi connectivity index (χ3v) is 2.18. The molecule has 0 spiro atoms. The molecule has 1 aromatic carbocycles. The molecule has 2 aromatic rings. The molecule has 0 fully saturated rings. The van der Waals surface area contributed by atoms with Crippen molar-refractivity contribution in [2.24, 2.45) is 7.05 Å². The van der Waals surface area contributed by atoms with Gasteiger partial charge in [0.05, 0.1) is 5.69 Å². The van der Waals surface area contributed by atoms with Gasteiger partial charge in [-0.05, 0) is 12.1 Å². The van der Waals surface area contributed by atoms with E-state index in [1.165, 1.54) is 0 Å². The van der Waals surface area contributed by atoms with Crippen LogP contribution in [0.2, 0.25) is 0 Å². The lowest BCUT2D eigenvalue weighted by Crippen LogP contribution is -1.89. The van der Waals surface area contributed by atoms with Crippen molar-refractivity contribution in [3.63, 3.8) is 0 Å². The number of hydrogen-bond acceptors (Lipinski definition) is 2. The zero-order valence-electron chi connectivity index (χ0n) is 6.58. The highest BCUT2D eigenvalue weighted by atomic mass is 79.9. The average molecular weight is 226 g/mol. The lowest BCUT2D eigenvalue weighted by molar-refractivity contribution is 0.780. The Balaban J connectivity index is 2.88. The summed E-state index contributed by atoms with van der Waals surface area (Å²) in [6.45, 7) is 0. The maximum atomic E-state index is 5.76. The van der Waals surface area contributed by atoms with E-state index in [9.17, 15) is 0 Å². The third kappa shape index (κ3) is 1.08. The Bertz CT molecular complexity index is 433. The molecular formula is C8H8BrN3. The third-order valence-electron chi connectivity index (χ3n) is 1.72. The standard InChI is InChI=1S/C8H8BrN3/c1-12-4-5-2-6(9)3-7(10)8(5)11-12/h2-4H,10H2,1H3. The number of fused-ring (bicyclic) bond motifs is 1. The fourth-order valence-corrected chi connectivity index (χ4v) is 1.74. The molecule has 0 aliphatic carbocycles. The zero-order valence-corrected chi connectivity index (χ0v) is 8.17. The van der Waals surface area contributed by atoms with Gasteiger partial charge in [0, 0.05) is 23.1 Å². The van der Waals surface area contributed by atoms with Gasteiger partial charge >= 0.3 is 0 Å². The van der Waals surface area contributed by atoms with Crippen molar-refractivity contribution in [3.05, 3.63) is 22.8 Å². The highest BCUT2D eigenvalue weighted by Gasteiger charge is 2.02. The van der Waals surface area contributed by atoms with Gasteiger partial charge in [0.1, 0.15) is 5.52 Å². The minimum atomic E-state index is 0.708. The van der Waals surface area contributed by atoms with Crippen LogP contribution < -0.4 is 5.73 Å². The van der Waals surface area contributed by atoms with E-state index in [1.807, 2.05) is 25.4 Å². The van der Waals surface area contributed by atoms with E-state index >= 15 is 0 Å². The Morgan fingerprint density at radius 2 is 2.25 bits per heavy atom. The van der Waals surface area contributed by atoms with Crippen LogP contribution in [0.25, 0.3) is 10.9 Å². The van der Waals surface area contributed by atoms with E-state index < -0.39 is 0 Å². The van der Waals surface area contributed by atoms with Gasteiger partial charge in [0.25, 0.3) is 0 Å². The number of halogens is 1. The molecule has 0 unspecified atom stereocenters. The molecule has 0 bridgehead atoms. The monoisotopic (exact) mass is 225 g/mol. The first-order valence-corrected chi connectivity index (χ1v) is 4.34. The smallest absolute Gasteiger partial charge is 0.115 e. The van der Waals surface area contributed by atoms with Gasteiger partial charge in [0.15, 0.2) is 0 Å². The van der Waals surface area contributed by atoms with Gasteiger partial charge < -0.3 is 5.73 Å². The Morgan fingerprint density at radius 3 is 3.00 bits per heavy atom. The first kappa shape index (κ1) is 7.61. The molecule has 0 aliphatic heterocycles. The summed E-state index contributed by atoms with van der Waals surface area (Å²) < 4.78 is 2.74. The summed E-state index contributed by atoms with van der Waals surface area (Å²) in [6.07, 6.45) is 1.94. The molecule has 0 radical (unpaired) electrons. The number of aromatic nitrogens is 2. The number of benzene rings is 1. The van der Waals surface area contributed by atoms with E-state index in [0.29, 0.717) is 5.69 Å². The van der Waals surface area contributed by atoms with Gasteiger partial charge in [0.2, 0.25) is 0 Å². The molecule has 3 nitrogen and oxygen atoms in total. The second-order valence-electron chi connectivity index (χ2n) is 2.74. The highest BCUT2D eigenvalue weighted by molar-refractivity contribution is 9.10. The zero-order chi connectivity index (χ0) is 8.72. The predicted molar refractivity (Wildman–Crippen MR) is 52.8 cm³/mol. The molecule has 0 saturated carbocycles. The number of anilines is 1. The van der Waals surface area contributed by atoms with Crippen LogP contribution in [0.5, 0.6) is 0 Å². The SMILES string of the molecule is Cn1cc2cc(Br)cc(N)c2n1. The number of nitrogen functional groups attached to an aromatic ring is 1. The van der Waals surface area contributed by atoms with Gasteiger partial charge in [-0.3, -0.25) is 4.68 Å². The number of aryl methyl sites for hydroxylation is 1. The van der Waals surface area contributed by atoms with Crippen LogP contribution in [0.1, 0.15) is 0 Å². The van der Waals surface area contributed by atoms with Crippen molar-refractivity contribution < 1.29 is 0 Å². The van der Waals surface area contributed by atoms with Crippen LogP contribution in [-0.4, -0.2) is 9.78 Å². The summed E-state index contributed by atoms with van der Waals surface area (Å²) in [5.41, 5.74) is 7.33. The molecule has 4 heteroatoms. The summed E-state index contributed by atoms with van der Waals surface area (Å²) in [5.74, 6) is 0. The van der Waals surface area contributed by atoms with Crippen molar-refractivity contribution in [1.29, 1.82) is 0 Å². The van der Waals surface area contributed by atoms with Gasteiger partial charge in [-0.2, -0.15) is 5.10 Å². The van der Waals surface area contributed by atoms with Crippen molar-refractivity contribution >= 4 is 32.5 Å². The molecule has 12 heavy (non-hydrogen) atoms. The van der Waals surface area contributed by atoms with Gasteiger partial charge in [-0.25, -0.2) is 0 Å². The van der Waals surface area contributed by atoms with E-state index in [-0.39, 0.29) is 0 Å². The maximum absolute atomic E-state index is 5.76. The first-order valence-electron chi connectivity index (χ1n) is 3.55. The quantitative estimate of drug-likeness (QED) is 0.697. The lowest BCUT2D eigenvalue weighted by Gasteiger charge is -1.94. The van der Waals surface area contributed by atoms with E-state index in [4.69, 9.17) is 5.73 Å². The van der Waals surface area contributed by atoms with E-state index in [1.54, 1.807) is 4.68 Å². The maximum Gasteiger partial charge on any atom is 0.115 e. The van der Waals surface area contributed by atoms with Crippen molar-refractivity contribution in [2.45, 2.75) is 0 Å². The fourth-order valence-electron chi connectivity index (χ4n) is 1.24. The predicted octanol–water partition coefficient (Wildman–Crippen LogP) is 1.92. The van der Waals surface area contributed by atoms with Crippen LogP contribution in [0, 0.1) is 0 Å². The fraction of sp³-hybridized carbons (Fsp3) is 0.125. The van der Waals surface area contributed by atoms with Gasteiger partial charge in [-0.15, -0.1) is 0 Å². The Morgan fingerprint density at radius 1 is 1.50 bits per heavy atom. The molecule has 0 aliphatic rings. The Hall–Kier alpha value is -1.03. The first-order chi connectivity index (χ1) is 5.66. The molecule has 0 saturated heterocycles. The summed E-state index contributed by atoms with van der Waals surface area (Å²) >= 11 is 3.38. The molecule has 0 amide bonds. The molecule has 2 rings (SSSR count). The molecule has 1 heterocycles. The topological polar surface area (TPSA) is 43.8 Å². The van der Waals surface area contributed by atoms with Gasteiger partial charge in [-0.1, -0.05) is 15.9 Å². The second kappa shape index (κ2) is 2.48. The molecule has 2 N–H and O–H groups in total. The summed E-state index contributed by atoms with van der Waals surface area (Å²) in [4.78, 5) is 0. The molecule has 0 atom stereocenters. The van der Waals surface area contributed by atoms with Crippen LogP contribution in [-0.2, 0) is 7.05 Å². The van der Waals surface area contributed by atoms with E-state index in [0.717, 1.165) is 15.4 Å². The Kier molecular flexibility index (Phi) is 1.58. The van der Waals surface area contributed by atoms with Crippen molar-refractivity contribution in [3.8, 4) is 0 Å². The van der Waals surface area contributed by atoms with Crippen LogP contribution >= 0.6 is 15.9 Å². The molecular weight excluding hydrogens is 218 g/mol. The highest BCUT2D eigenvalue weighted by Crippen LogP contribution is 2.24. The van der Waals surface area contributed by atoms with Crippen LogP contribution in [0.4, 0.5) is 5.69 Å². The largest absolute Gasteiger partial charge is 0.397 e. The van der Waals surface area contributed by atoms with E-state index in [2.05, 4.69) is 21.0 Å². The van der Waals surface area contributed by atoms with Crippen molar-refractivity contribution in [1.82, 2.24) is 9.78 Å². The van der Waals surface area contributed by atoms with Crippen molar-refractivity contribution in [2.75, 3.05) is 5.73 Å². The molecule has 62 valence electrons.